The van der Waals surface area contributed by atoms with Gasteiger partial charge in [0.15, 0.2) is 5.96 Å². The SMILES string of the molecule is CCNC(=NCC1CCOc2ccccc21)N1CCC(CC(=O)NC)CC1.I. The number of guanidine groups is 1. The van der Waals surface area contributed by atoms with Crippen LogP contribution in [0.4, 0.5) is 0 Å². The molecule has 2 aliphatic rings. The number of benzene rings is 1. The summed E-state index contributed by atoms with van der Waals surface area (Å²) in [6.07, 6.45) is 3.72. The number of halogens is 1. The zero-order chi connectivity index (χ0) is 19.1. The number of carbonyl (C=O) groups is 1. The highest BCUT2D eigenvalue weighted by atomic mass is 127. The second-order valence-corrected chi connectivity index (χ2v) is 7.37. The molecule has 3 rings (SSSR count). The van der Waals surface area contributed by atoms with Gasteiger partial charge in [-0.15, -0.1) is 24.0 Å². The van der Waals surface area contributed by atoms with E-state index in [2.05, 4.69) is 34.6 Å². The lowest BCUT2D eigenvalue weighted by Gasteiger charge is -2.34. The van der Waals surface area contributed by atoms with Crippen molar-refractivity contribution in [2.45, 2.75) is 38.5 Å². The van der Waals surface area contributed by atoms with Crippen molar-refractivity contribution in [1.29, 1.82) is 0 Å². The summed E-state index contributed by atoms with van der Waals surface area (Å²) < 4.78 is 5.77. The molecule has 1 atom stereocenters. The highest BCUT2D eigenvalue weighted by Gasteiger charge is 2.24. The Balaban J connectivity index is 0.00000280. The zero-order valence-electron chi connectivity index (χ0n) is 16.9. The third-order valence-electron chi connectivity index (χ3n) is 5.55. The van der Waals surface area contributed by atoms with Crippen LogP contribution in [0.3, 0.4) is 0 Å². The maximum absolute atomic E-state index is 11.6. The van der Waals surface area contributed by atoms with Crippen molar-refractivity contribution in [3.8, 4) is 5.75 Å². The summed E-state index contributed by atoms with van der Waals surface area (Å²) >= 11 is 0. The molecule has 1 amide bonds. The van der Waals surface area contributed by atoms with E-state index in [-0.39, 0.29) is 29.9 Å². The van der Waals surface area contributed by atoms with Crippen LogP contribution in [0.5, 0.6) is 5.75 Å². The fourth-order valence-corrected chi connectivity index (χ4v) is 3.94. The number of ether oxygens (including phenoxy) is 1. The van der Waals surface area contributed by atoms with Gasteiger partial charge in [-0.2, -0.15) is 0 Å². The predicted molar refractivity (Wildman–Crippen MR) is 124 cm³/mol. The van der Waals surface area contributed by atoms with E-state index in [4.69, 9.17) is 9.73 Å². The molecule has 0 spiro atoms. The van der Waals surface area contributed by atoms with Gasteiger partial charge in [-0.1, -0.05) is 18.2 Å². The number of hydrogen-bond acceptors (Lipinski definition) is 3. The monoisotopic (exact) mass is 500 g/mol. The van der Waals surface area contributed by atoms with Gasteiger partial charge in [-0.3, -0.25) is 9.79 Å². The molecule has 156 valence electrons. The van der Waals surface area contributed by atoms with Crippen LogP contribution in [0.25, 0.3) is 0 Å². The van der Waals surface area contributed by atoms with E-state index in [9.17, 15) is 4.79 Å². The van der Waals surface area contributed by atoms with Crippen molar-refractivity contribution in [3.05, 3.63) is 29.8 Å². The summed E-state index contributed by atoms with van der Waals surface area (Å²) in [6.45, 7) is 6.42. The molecule has 2 heterocycles. The van der Waals surface area contributed by atoms with Crippen molar-refractivity contribution in [2.24, 2.45) is 10.9 Å². The normalized spacial score (nSPS) is 19.9. The topological polar surface area (TPSA) is 66.0 Å². The molecule has 1 fully saturated rings. The second kappa shape index (κ2) is 11.5. The van der Waals surface area contributed by atoms with Crippen molar-refractivity contribution >= 4 is 35.8 Å². The number of hydrogen-bond donors (Lipinski definition) is 2. The maximum atomic E-state index is 11.6. The Labute approximate surface area is 185 Å². The van der Waals surface area contributed by atoms with Crippen molar-refractivity contribution < 1.29 is 9.53 Å². The van der Waals surface area contributed by atoms with Gasteiger partial charge in [0.1, 0.15) is 5.75 Å². The standard InChI is InChI=1S/C21H32N4O2.HI/c1-3-23-21(25-11-8-16(9-12-25)14-20(26)22-2)24-15-17-10-13-27-19-7-5-4-6-18(17)19;/h4-7,16-17H,3,8-15H2,1-2H3,(H,22,26)(H,23,24);1H. The Kier molecular flexibility index (Phi) is 9.34. The second-order valence-electron chi connectivity index (χ2n) is 7.37. The van der Waals surface area contributed by atoms with Crippen molar-refractivity contribution in [1.82, 2.24) is 15.5 Å². The van der Waals surface area contributed by atoms with Crippen molar-refractivity contribution in [3.63, 3.8) is 0 Å². The molecule has 1 aromatic rings. The third-order valence-corrected chi connectivity index (χ3v) is 5.55. The third kappa shape index (κ3) is 5.99. The number of amides is 1. The van der Waals surface area contributed by atoms with Gasteiger partial charge < -0.3 is 20.3 Å². The molecule has 7 heteroatoms. The van der Waals surface area contributed by atoms with E-state index in [0.717, 1.165) is 63.8 Å². The van der Waals surface area contributed by atoms with Crippen LogP contribution in [0.2, 0.25) is 0 Å². The molecule has 2 N–H and O–H groups in total. The highest BCUT2D eigenvalue weighted by molar-refractivity contribution is 14.0. The van der Waals surface area contributed by atoms with Crippen LogP contribution in [0.15, 0.2) is 29.3 Å². The molecule has 1 saturated heterocycles. The lowest BCUT2D eigenvalue weighted by atomic mass is 9.93. The highest BCUT2D eigenvalue weighted by Crippen LogP contribution is 2.33. The average molecular weight is 500 g/mol. The van der Waals surface area contributed by atoms with E-state index in [1.807, 2.05) is 12.1 Å². The van der Waals surface area contributed by atoms with E-state index in [0.29, 0.717) is 18.3 Å². The Bertz CT molecular complexity index is 660. The number of carbonyl (C=O) groups excluding carboxylic acids is 1. The van der Waals surface area contributed by atoms with Gasteiger partial charge in [0.25, 0.3) is 0 Å². The van der Waals surface area contributed by atoms with E-state index < -0.39 is 0 Å². The number of likely N-dealkylation sites (tertiary alicyclic amines) is 1. The Hall–Kier alpha value is -1.51. The van der Waals surface area contributed by atoms with Crippen LogP contribution in [-0.4, -0.2) is 56.6 Å². The minimum absolute atomic E-state index is 0. The summed E-state index contributed by atoms with van der Waals surface area (Å²) in [6, 6.07) is 8.31. The smallest absolute Gasteiger partial charge is 0.220 e. The molecule has 0 aromatic heterocycles. The first-order chi connectivity index (χ1) is 13.2. The van der Waals surface area contributed by atoms with Gasteiger partial charge in [-0.05, 0) is 43.7 Å². The van der Waals surface area contributed by atoms with Gasteiger partial charge in [0, 0.05) is 45.6 Å². The van der Waals surface area contributed by atoms with E-state index in [1.165, 1.54) is 5.56 Å². The molecule has 0 aliphatic carbocycles. The molecule has 6 nitrogen and oxygen atoms in total. The average Bonchev–Trinajstić information content (AvgIpc) is 2.71. The van der Waals surface area contributed by atoms with Crippen LogP contribution in [0, 0.1) is 5.92 Å². The van der Waals surface area contributed by atoms with Crippen molar-refractivity contribution in [2.75, 3.05) is 39.8 Å². The lowest BCUT2D eigenvalue weighted by Crippen LogP contribution is -2.46. The van der Waals surface area contributed by atoms with Gasteiger partial charge in [0.2, 0.25) is 5.91 Å². The number of nitrogens with one attached hydrogen (secondary N) is 2. The molecular weight excluding hydrogens is 467 g/mol. The number of piperidine rings is 1. The number of aliphatic imine (C=N–C) groups is 1. The first-order valence-electron chi connectivity index (χ1n) is 10.2. The van der Waals surface area contributed by atoms with Gasteiger partial charge >= 0.3 is 0 Å². The summed E-state index contributed by atoms with van der Waals surface area (Å²) in [7, 11) is 1.71. The van der Waals surface area contributed by atoms with Crippen LogP contribution >= 0.6 is 24.0 Å². The van der Waals surface area contributed by atoms with Crippen LogP contribution in [-0.2, 0) is 4.79 Å². The fourth-order valence-electron chi connectivity index (χ4n) is 3.94. The van der Waals surface area contributed by atoms with Crippen LogP contribution < -0.4 is 15.4 Å². The molecule has 2 aliphatic heterocycles. The molecule has 0 radical (unpaired) electrons. The number of para-hydroxylation sites is 1. The minimum Gasteiger partial charge on any atom is -0.493 e. The summed E-state index contributed by atoms with van der Waals surface area (Å²) in [4.78, 5) is 18.9. The molecular formula is C21H33IN4O2. The van der Waals surface area contributed by atoms with Crippen LogP contribution in [0.1, 0.15) is 44.1 Å². The fraction of sp³-hybridized carbons (Fsp3) is 0.619. The minimum atomic E-state index is 0. The molecule has 1 unspecified atom stereocenters. The molecule has 0 saturated carbocycles. The quantitative estimate of drug-likeness (QED) is 0.371. The molecule has 28 heavy (non-hydrogen) atoms. The van der Waals surface area contributed by atoms with E-state index in [1.54, 1.807) is 7.05 Å². The number of nitrogens with zero attached hydrogens (tertiary/aromatic N) is 2. The Morgan fingerprint density at radius 1 is 1.25 bits per heavy atom. The summed E-state index contributed by atoms with van der Waals surface area (Å²) in [5.41, 5.74) is 1.27. The zero-order valence-corrected chi connectivity index (χ0v) is 19.3. The Morgan fingerprint density at radius 2 is 2.00 bits per heavy atom. The summed E-state index contributed by atoms with van der Waals surface area (Å²) in [5, 5.41) is 6.18. The number of fused-ring (bicyclic) bond motifs is 1. The molecule has 1 aromatic carbocycles. The first-order valence-corrected chi connectivity index (χ1v) is 10.2. The van der Waals surface area contributed by atoms with Gasteiger partial charge in [-0.25, -0.2) is 0 Å². The first kappa shape index (κ1) is 22.8. The van der Waals surface area contributed by atoms with Gasteiger partial charge in [0.05, 0.1) is 6.61 Å². The lowest BCUT2D eigenvalue weighted by molar-refractivity contribution is -0.121. The molecule has 0 bridgehead atoms. The summed E-state index contributed by atoms with van der Waals surface area (Å²) in [5.74, 6) is 3.04. The number of rotatable bonds is 5. The Morgan fingerprint density at radius 3 is 2.71 bits per heavy atom. The van der Waals surface area contributed by atoms with E-state index >= 15 is 0 Å². The maximum Gasteiger partial charge on any atom is 0.220 e. The predicted octanol–water partition coefficient (Wildman–Crippen LogP) is 2.98. The largest absolute Gasteiger partial charge is 0.493 e.